The molecule has 3 N–H and O–H groups in total. The maximum absolute atomic E-state index is 5.17. The highest BCUT2D eigenvalue weighted by Crippen LogP contribution is 2.20. The quantitative estimate of drug-likeness (QED) is 0.320. The van der Waals surface area contributed by atoms with E-state index in [0.717, 1.165) is 5.03 Å². The van der Waals surface area contributed by atoms with Gasteiger partial charge in [0.25, 0.3) is 0 Å². The summed E-state index contributed by atoms with van der Waals surface area (Å²) in [6.07, 6.45) is 1.69. The molecule has 66 valence electrons. The van der Waals surface area contributed by atoms with E-state index in [4.69, 9.17) is 5.84 Å². The molecule has 4 nitrogen and oxygen atoms in total. The molecule has 0 aliphatic carbocycles. The molecule has 0 spiro atoms. The van der Waals surface area contributed by atoms with E-state index < -0.39 is 0 Å². The number of nitrogens with one attached hydrogen (secondary N) is 1. The van der Waals surface area contributed by atoms with Gasteiger partial charge < -0.3 is 0 Å². The van der Waals surface area contributed by atoms with Gasteiger partial charge in [-0.1, -0.05) is 13.8 Å². The predicted molar refractivity (Wildman–Crippen MR) is 50.8 cm³/mol. The van der Waals surface area contributed by atoms with Crippen LogP contribution < -0.4 is 11.3 Å². The Morgan fingerprint density at radius 2 is 2.33 bits per heavy atom. The molecule has 0 amide bonds. The zero-order chi connectivity index (χ0) is 8.97. The van der Waals surface area contributed by atoms with Crippen molar-refractivity contribution in [2.24, 2.45) is 5.84 Å². The van der Waals surface area contributed by atoms with Crippen LogP contribution in [0.1, 0.15) is 13.8 Å². The normalized spacial score (nSPS) is 10.3. The first kappa shape index (κ1) is 9.28. The summed E-state index contributed by atoms with van der Waals surface area (Å²) in [5.74, 6) is 5.62. The van der Waals surface area contributed by atoms with Gasteiger partial charge in [0.15, 0.2) is 0 Å². The monoisotopic (exact) mass is 184 g/mol. The molecule has 1 rings (SSSR count). The average molecular weight is 184 g/mol. The van der Waals surface area contributed by atoms with Crippen molar-refractivity contribution in [2.75, 3.05) is 5.43 Å². The second kappa shape index (κ2) is 4.27. The number of nitrogen functional groups attached to an aromatic ring is 1. The Kier molecular flexibility index (Phi) is 3.31. The highest BCUT2D eigenvalue weighted by Gasteiger charge is 2.00. The van der Waals surface area contributed by atoms with Crippen LogP contribution in [-0.2, 0) is 0 Å². The molecular formula is C7H12N4S. The molecule has 0 aliphatic rings. The minimum atomic E-state index is 0.459. The van der Waals surface area contributed by atoms with Crippen molar-refractivity contribution in [1.82, 2.24) is 9.97 Å². The molecule has 0 saturated carbocycles. The van der Waals surface area contributed by atoms with Gasteiger partial charge in [0.05, 0.1) is 0 Å². The summed E-state index contributed by atoms with van der Waals surface area (Å²) in [5, 5.41) is 1.46. The second-order valence-electron chi connectivity index (χ2n) is 2.53. The van der Waals surface area contributed by atoms with Crippen molar-refractivity contribution in [3.63, 3.8) is 0 Å². The van der Waals surface area contributed by atoms with Crippen molar-refractivity contribution < 1.29 is 0 Å². The highest BCUT2D eigenvalue weighted by molar-refractivity contribution is 7.99. The first-order chi connectivity index (χ1) is 5.72. The lowest BCUT2D eigenvalue weighted by molar-refractivity contribution is 1.01. The van der Waals surface area contributed by atoms with Crippen LogP contribution in [0.5, 0.6) is 0 Å². The van der Waals surface area contributed by atoms with E-state index in [-0.39, 0.29) is 0 Å². The third-order valence-corrected chi connectivity index (χ3v) is 2.06. The molecule has 1 aromatic rings. The molecule has 0 aliphatic heterocycles. The van der Waals surface area contributed by atoms with Gasteiger partial charge in [-0.3, -0.25) is 5.43 Å². The van der Waals surface area contributed by atoms with Crippen LogP contribution >= 0.6 is 11.8 Å². The van der Waals surface area contributed by atoms with Gasteiger partial charge in [-0.05, 0) is 6.07 Å². The van der Waals surface area contributed by atoms with E-state index in [0.29, 0.717) is 11.2 Å². The maximum atomic E-state index is 5.17. The van der Waals surface area contributed by atoms with Gasteiger partial charge in [0.1, 0.15) is 5.03 Å². The number of hydrazine groups is 1. The fourth-order valence-corrected chi connectivity index (χ4v) is 1.48. The molecule has 1 heterocycles. The van der Waals surface area contributed by atoms with Gasteiger partial charge >= 0.3 is 0 Å². The Morgan fingerprint density at radius 1 is 1.58 bits per heavy atom. The SMILES string of the molecule is CC(C)Sc1ccnc(NN)n1. The minimum absolute atomic E-state index is 0.459. The summed E-state index contributed by atoms with van der Waals surface area (Å²) >= 11 is 1.68. The number of hydrogen-bond acceptors (Lipinski definition) is 5. The lowest BCUT2D eigenvalue weighted by atomic mass is 10.6. The van der Waals surface area contributed by atoms with E-state index >= 15 is 0 Å². The lowest BCUT2D eigenvalue weighted by Gasteiger charge is -2.04. The molecule has 0 unspecified atom stereocenters. The smallest absolute Gasteiger partial charge is 0.238 e. The minimum Gasteiger partial charge on any atom is -0.292 e. The van der Waals surface area contributed by atoms with Crippen molar-refractivity contribution in [1.29, 1.82) is 0 Å². The van der Waals surface area contributed by atoms with Crippen LogP contribution in [-0.4, -0.2) is 15.2 Å². The molecule has 0 saturated heterocycles. The number of aromatic nitrogens is 2. The molecule has 1 aromatic heterocycles. The van der Waals surface area contributed by atoms with E-state index in [9.17, 15) is 0 Å². The van der Waals surface area contributed by atoms with Crippen molar-refractivity contribution in [3.05, 3.63) is 12.3 Å². The lowest BCUT2D eigenvalue weighted by Crippen LogP contribution is -2.10. The summed E-state index contributed by atoms with van der Waals surface area (Å²) in [5.41, 5.74) is 2.41. The van der Waals surface area contributed by atoms with Gasteiger partial charge in [0, 0.05) is 11.4 Å². The van der Waals surface area contributed by atoms with E-state index in [1.807, 2.05) is 6.07 Å². The Hall–Kier alpha value is -0.810. The van der Waals surface area contributed by atoms with Crippen molar-refractivity contribution in [2.45, 2.75) is 24.1 Å². The van der Waals surface area contributed by atoms with Crippen LogP contribution in [0, 0.1) is 0 Å². The molecule has 12 heavy (non-hydrogen) atoms. The Balaban J connectivity index is 2.72. The number of rotatable bonds is 3. The van der Waals surface area contributed by atoms with Gasteiger partial charge in [-0.25, -0.2) is 15.8 Å². The van der Waals surface area contributed by atoms with Crippen molar-refractivity contribution >= 4 is 17.7 Å². The van der Waals surface area contributed by atoms with Gasteiger partial charge in [0.2, 0.25) is 5.95 Å². The molecule has 0 aromatic carbocycles. The second-order valence-corrected chi connectivity index (χ2v) is 4.13. The Labute approximate surface area is 75.9 Å². The van der Waals surface area contributed by atoms with Gasteiger partial charge in [-0.15, -0.1) is 11.8 Å². The van der Waals surface area contributed by atoms with Crippen LogP contribution in [0.15, 0.2) is 17.3 Å². The third kappa shape index (κ3) is 2.67. The van der Waals surface area contributed by atoms with Crippen LogP contribution in [0.2, 0.25) is 0 Å². The number of nitrogens with zero attached hydrogens (tertiary/aromatic N) is 2. The number of anilines is 1. The number of hydrogen-bond donors (Lipinski definition) is 2. The number of nitrogens with two attached hydrogens (primary N) is 1. The summed E-state index contributed by atoms with van der Waals surface area (Å²) in [7, 11) is 0. The standard InChI is InChI=1S/C7H12N4S/c1-5(2)12-6-3-4-9-7(10-6)11-8/h3-5H,8H2,1-2H3,(H,9,10,11). The largest absolute Gasteiger partial charge is 0.292 e. The summed E-state index contributed by atoms with van der Waals surface area (Å²) < 4.78 is 0. The van der Waals surface area contributed by atoms with E-state index in [2.05, 4.69) is 29.2 Å². The fourth-order valence-electron chi connectivity index (χ4n) is 0.719. The van der Waals surface area contributed by atoms with Crippen LogP contribution in [0.25, 0.3) is 0 Å². The zero-order valence-corrected chi connectivity index (χ0v) is 7.93. The van der Waals surface area contributed by atoms with Crippen molar-refractivity contribution in [3.8, 4) is 0 Å². The fraction of sp³-hybridized carbons (Fsp3) is 0.429. The Bertz CT molecular complexity index is 251. The molecule has 0 fully saturated rings. The molecule has 5 heteroatoms. The first-order valence-corrected chi connectivity index (χ1v) is 4.56. The summed E-state index contributed by atoms with van der Waals surface area (Å²) in [6.45, 7) is 4.23. The molecule has 0 radical (unpaired) electrons. The summed E-state index contributed by atoms with van der Waals surface area (Å²) in [6, 6.07) is 1.87. The third-order valence-electron chi connectivity index (χ3n) is 1.12. The first-order valence-electron chi connectivity index (χ1n) is 3.68. The van der Waals surface area contributed by atoms with E-state index in [1.165, 1.54) is 0 Å². The van der Waals surface area contributed by atoms with E-state index in [1.54, 1.807) is 18.0 Å². The highest BCUT2D eigenvalue weighted by atomic mass is 32.2. The topological polar surface area (TPSA) is 63.8 Å². The molecule has 0 bridgehead atoms. The number of thioether (sulfide) groups is 1. The predicted octanol–water partition coefficient (Wildman–Crippen LogP) is 1.26. The Morgan fingerprint density at radius 3 is 2.92 bits per heavy atom. The van der Waals surface area contributed by atoms with Crippen LogP contribution in [0.4, 0.5) is 5.95 Å². The molecule has 0 atom stereocenters. The zero-order valence-electron chi connectivity index (χ0n) is 7.11. The van der Waals surface area contributed by atoms with Gasteiger partial charge in [-0.2, -0.15) is 0 Å². The molecular weight excluding hydrogens is 172 g/mol. The maximum Gasteiger partial charge on any atom is 0.238 e. The summed E-state index contributed by atoms with van der Waals surface area (Å²) in [4.78, 5) is 8.05. The van der Waals surface area contributed by atoms with Crippen LogP contribution in [0.3, 0.4) is 0 Å². The average Bonchev–Trinajstić information content (AvgIpc) is 2.03.